The van der Waals surface area contributed by atoms with E-state index in [0.717, 1.165) is 0 Å². The van der Waals surface area contributed by atoms with E-state index in [9.17, 15) is 0 Å². The summed E-state index contributed by atoms with van der Waals surface area (Å²) in [6.07, 6.45) is 3.73. The van der Waals surface area contributed by atoms with E-state index in [-0.39, 0.29) is 0 Å². The van der Waals surface area contributed by atoms with Crippen molar-refractivity contribution in [3.63, 3.8) is 0 Å². The maximum absolute atomic E-state index is 5.78. The van der Waals surface area contributed by atoms with Crippen LogP contribution in [0.25, 0.3) is 0 Å². The fourth-order valence-corrected chi connectivity index (χ4v) is 6.28. The first kappa shape index (κ1) is 23.7. The molecule has 0 rings (SSSR count). The Morgan fingerprint density at radius 3 is 0.833 bits per heavy atom. The van der Waals surface area contributed by atoms with E-state index in [2.05, 4.69) is 0 Å². The third kappa shape index (κ3) is 8.68. The van der Waals surface area contributed by atoms with Gasteiger partial charge in [0.25, 0.3) is 0 Å². The first-order valence-corrected chi connectivity index (χ1v) is 12.4. The van der Waals surface area contributed by atoms with Gasteiger partial charge in [0.15, 0.2) is 0 Å². The van der Waals surface area contributed by atoms with Gasteiger partial charge >= 0.3 is 17.6 Å². The molecule has 0 N–H and O–H groups in total. The van der Waals surface area contributed by atoms with Gasteiger partial charge < -0.3 is 26.6 Å². The smallest absolute Gasteiger partial charge is 0.371 e. The molecule has 0 saturated carbocycles. The molecule has 0 aliphatic rings. The van der Waals surface area contributed by atoms with Crippen LogP contribution in [0.15, 0.2) is 23.6 Å². The van der Waals surface area contributed by atoms with Crippen LogP contribution in [0.1, 0.15) is 41.5 Å². The Kier molecular flexibility index (Phi) is 13.7. The Morgan fingerprint density at radius 2 is 0.667 bits per heavy atom. The molecule has 0 amide bonds. The van der Waals surface area contributed by atoms with Gasteiger partial charge in [-0.1, -0.05) is 12.2 Å². The van der Waals surface area contributed by atoms with Crippen LogP contribution in [-0.2, 0) is 26.6 Å². The van der Waals surface area contributed by atoms with Crippen molar-refractivity contribution in [2.75, 3.05) is 39.6 Å². The van der Waals surface area contributed by atoms with Crippen LogP contribution in [0.4, 0.5) is 0 Å². The quantitative estimate of drug-likeness (QED) is 0.322. The summed E-state index contributed by atoms with van der Waals surface area (Å²) < 4.78 is 34.7. The summed E-state index contributed by atoms with van der Waals surface area (Å²) in [6.45, 7) is 14.8. The monoisotopic (exact) mass is 378 g/mol. The Morgan fingerprint density at radius 1 is 0.458 bits per heavy atom. The van der Waals surface area contributed by atoms with Crippen LogP contribution >= 0.6 is 0 Å². The first-order chi connectivity index (χ1) is 11.6. The highest BCUT2D eigenvalue weighted by Gasteiger charge is 2.38. The minimum atomic E-state index is -2.79. The molecule has 0 aliphatic heterocycles. The minimum Gasteiger partial charge on any atom is -0.371 e. The van der Waals surface area contributed by atoms with E-state index in [4.69, 9.17) is 26.6 Å². The molecule has 0 aromatic rings. The van der Waals surface area contributed by atoms with Crippen LogP contribution in [0.5, 0.6) is 0 Å². The molecule has 0 fully saturated rings. The van der Waals surface area contributed by atoms with Crippen LogP contribution < -0.4 is 0 Å². The van der Waals surface area contributed by atoms with Gasteiger partial charge in [-0.3, -0.25) is 0 Å². The summed E-state index contributed by atoms with van der Waals surface area (Å²) in [5.74, 6) is 0. The highest BCUT2D eigenvalue weighted by atomic mass is 28.4. The van der Waals surface area contributed by atoms with Gasteiger partial charge in [0.1, 0.15) is 0 Å². The average Bonchev–Trinajstić information content (AvgIpc) is 2.53. The largest absolute Gasteiger partial charge is 0.529 e. The molecule has 0 heterocycles. The van der Waals surface area contributed by atoms with Gasteiger partial charge in [-0.25, -0.2) is 0 Å². The van der Waals surface area contributed by atoms with E-state index in [1.807, 2.05) is 65.1 Å². The third-order valence-corrected chi connectivity index (χ3v) is 8.13. The molecule has 6 nitrogen and oxygen atoms in total. The molecule has 0 spiro atoms. The second-order valence-corrected chi connectivity index (χ2v) is 9.34. The maximum atomic E-state index is 5.78. The lowest BCUT2D eigenvalue weighted by atomic mass is 10.6. The van der Waals surface area contributed by atoms with Crippen molar-refractivity contribution in [1.82, 2.24) is 0 Å². The lowest BCUT2D eigenvalue weighted by molar-refractivity contribution is 0.0831. The Balaban J connectivity index is 5.20. The normalized spacial score (nSPS) is 13.4. The molecule has 142 valence electrons. The van der Waals surface area contributed by atoms with Gasteiger partial charge in [-0.15, -0.1) is 0 Å². The topological polar surface area (TPSA) is 55.4 Å². The number of hydrogen-bond donors (Lipinski definition) is 0. The number of allylic oxidation sites excluding steroid dienone is 2. The zero-order valence-electron chi connectivity index (χ0n) is 16.0. The van der Waals surface area contributed by atoms with Crippen LogP contribution in [0.2, 0.25) is 0 Å². The van der Waals surface area contributed by atoms with Crippen molar-refractivity contribution in [2.45, 2.75) is 41.5 Å². The van der Waals surface area contributed by atoms with E-state index < -0.39 is 17.6 Å². The van der Waals surface area contributed by atoms with Crippen molar-refractivity contribution in [2.24, 2.45) is 0 Å². The molecule has 0 aromatic heterocycles. The highest BCUT2D eigenvalue weighted by Crippen LogP contribution is 2.14. The lowest BCUT2D eigenvalue weighted by Gasteiger charge is -2.25. The predicted molar refractivity (Wildman–Crippen MR) is 99.5 cm³/mol. The van der Waals surface area contributed by atoms with Crippen molar-refractivity contribution >= 4 is 17.6 Å². The van der Waals surface area contributed by atoms with Crippen molar-refractivity contribution in [3.8, 4) is 0 Å². The van der Waals surface area contributed by atoms with Crippen molar-refractivity contribution < 1.29 is 26.6 Å². The lowest BCUT2D eigenvalue weighted by Crippen LogP contribution is -2.45. The maximum Gasteiger partial charge on any atom is 0.529 e. The summed E-state index contributed by atoms with van der Waals surface area (Å²) in [5, 5.41) is 0. The SMILES string of the molecule is CCO[Si](/C=C/C=C/[Si](OCC)(OCC)OCC)(OCC)OCC. The fraction of sp³-hybridized carbons (Fsp3) is 0.750. The second kappa shape index (κ2) is 13.9. The third-order valence-electron chi connectivity index (χ3n) is 2.78. The molecule has 0 radical (unpaired) electrons. The van der Waals surface area contributed by atoms with Crippen LogP contribution in [0, 0.1) is 0 Å². The Labute approximate surface area is 149 Å². The van der Waals surface area contributed by atoms with Crippen molar-refractivity contribution in [3.05, 3.63) is 23.6 Å². The summed E-state index contributed by atoms with van der Waals surface area (Å²) in [7, 11) is -5.57. The molecule has 0 saturated heterocycles. The van der Waals surface area contributed by atoms with Gasteiger partial charge in [-0.2, -0.15) is 0 Å². The van der Waals surface area contributed by atoms with E-state index in [0.29, 0.717) is 39.6 Å². The van der Waals surface area contributed by atoms with Gasteiger partial charge in [0.2, 0.25) is 0 Å². The molecular formula is C16H34O6Si2. The average molecular weight is 379 g/mol. The highest BCUT2D eigenvalue weighted by molar-refractivity contribution is 6.67. The zero-order valence-corrected chi connectivity index (χ0v) is 18.0. The number of rotatable bonds is 15. The molecule has 0 aliphatic carbocycles. The predicted octanol–water partition coefficient (Wildman–Crippen LogP) is 3.27. The van der Waals surface area contributed by atoms with E-state index in [1.54, 1.807) is 0 Å². The fourth-order valence-electron chi connectivity index (χ4n) is 2.09. The van der Waals surface area contributed by atoms with Gasteiger partial charge in [0, 0.05) is 39.6 Å². The van der Waals surface area contributed by atoms with Gasteiger partial charge in [-0.05, 0) is 52.9 Å². The van der Waals surface area contributed by atoms with E-state index in [1.165, 1.54) is 0 Å². The molecule has 0 aromatic carbocycles. The Hall–Kier alpha value is -0.326. The zero-order chi connectivity index (χ0) is 18.3. The molecular weight excluding hydrogens is 344 g/mol. The first-order valence-electron chi connectivity index (χ1n) is 8.78. The molecule has 0 unspecified atom stereocenters. The molecule has 24 heavy (non-hydrogen) atoms. The van der Waals surface area contributed by atoms with Crippen LogP contribution in [0.3, 0.4) is 0 Å². The summed E-state index contributed by atoms with van der Waals surface area (Å²) in [4.78, 5) is 0. The summed E-state index contributed by atoms with van der Waals surface area (Å²) >= 11 is 0. The molecule has 0 bridgehead atoms. The standard InChI is InChI=1S/C16H34O6Si2/c1-7-17-23(18-8-2,19-9-3)15-13-14-16-24(20-10-4,21-11-5)22-12-6/h13-16H,7-12H2,1-6H3/b15-13+,16-14+. The second-order valence-electron chi connectivity index (χ2n) is 4.52. The Bertz CT molecular complexity index is 294. The van der Waals surface area contributed by atoms with Gasteiger partial charge in [0.05, 0.1) is 0 Å². The van der Waals surface area contributed by atoms with Crippen LogP contribution in [-0.4, -0.2) is 57.3 Å². The molecule has 8 heteroatoms. The van der Waals surface area contributed by atoms with E-state index >= 15 is 0 Å². The minimum absolute atomic E-state index is 0.538. The molecule has 0 atom stereocenters. The summed E-state index contributed by atoms with van der Waals surface area (Å²) in [5.41, 5.74) is 3.76. The van der Waals surface area contributed by atoms with Crippen molar-refractivity contribution in [1.29, 1.82) is 0 Å². The number of hydrogen-bond acceptors (Lipinski definition) is 6. The summed E-state index contributed by atoms with van der Waals surface area (Å²) in [6, 6.07) is 0.